The van der Waals surface area contributed by atoms with Crippen LogP contribution >= 0.6 is 12.4 Å². The number of nitrogens with one attached hydrogen (secondary N) is 4. The lowest BCUT2D eigenvalue weighted by molar-refractivity contribution is -0.142. The van der Waals surface area contributed by atoms with Gasteiger partial charge in [0.2, 0.25) is 0 Å². The van der Waals surface area contributed by atoms with Crippen molar-refractivity contribution < 1.29 is 45.4 Å². The standard InChI is InChI=1S/C22H33F3N4O2.C17H32N2O2.C11H15F3N4.3CH4.ClH/c1-13(2)15-8-7-14(3)10-16(15)31-20(30)28-17-6-5-9-21(17,4)29-19-12-26-18(11-27-19)22(23,24)25;1-11(2)13-8-7-12(3)10-14(13)21-16(20)19-15-6-5-9-17(15,4)18;1-10(4-2-3-7(10)15)18-9-6-16-8(5-17-9)11(12,13)14;;;;/h11-17H,5-10H2,1-4H3,(H,27,29)(H,28,30);11-15H,5-10,18H2,1-4H3,(H,19,20);5-7H,2-4,15H2,1H3,(H,17,18);3*1H4;1H/t14-,15+,16-,17+,21+;12-,13+,14-,15?,17?;7-,10-;;;;/m110..../s1. The Morgan fingerprint density at radius 3 is 1.36 bits per heavy atom. The summed E-state index contributed by atoms with van der Waals surface area (Å²) in [6.07, 6.45) is 8.52. The first kappa shape index (κ1) is 68.1. The van der Waals surface area contributed by atoms with E-state index in [0.29, 0.717) is 47.5 Å². The molecule has 5 fully saturated rings. The van der Waals surface area contributed by atoms with Gasteiger partial charge in [-0.25, -0.2) is 29.5 Å². The molecule has 0 radical (unpaired) electrons. The highest BCUT2D eigenvalue weighted by atomic mass is 35.5. The molecule has 2 aromatic heterocycles. The van der Waals surface area contributed by atoms with E-state index in [1.165, 1.54) is 6.42 Å². The van der Waals surface area contributed by atoms with Crippen molar-refractivity contribution in [3.63, 3.8) is 0 Å². The Balaban J connectivity index is 0.000000563. The Morgan fingerprint density at radius 2 is 1.00 bits per heavy atom. The molecule has 0 aliphatic heterocycles. The molecule has 2 heterocycles. The average molecular weight is 1080 g/mol. The van der Waals surface area contributed by atoms with E-state index in [0.717, 1.165) is 108 Å². The zero-order valence-corrected chi connectivity index (χ0v) is 43.8. The van der Waals surface area contributed by atoms with Gasteiger partial charge >= 0.3 is 24.5 Å². The van der Waals surface area contributed by atoms with Crippen LogP contribution in [0.5, 0.6) is 0 Å². The summed E-state index contributed by atoms with van der Waals surface area (Å²) in [6.45, 7) is 19.1. The first-order valence-corrected chi connectivity index (χ1v) is 25.4. The van der Waals surface area contributed by atoms with Gasteiger partial charge in [-0.05, 0) is 140 Å². The van der Waals surface area contributed by atoms with Gasteiger partial charge in [0.05, 0.1) is 41.9 Å². The quantitative estimate of drug-likeness (QED) is 0.123. The number of alkyl carbamates (subject to hydrolysis) is 2. The number of halogens is 7. The molecule has 0 saturated heterocycles. The zero-order chi connectivity index (χ0) is 51.8. The maximum absolute atomic E-state index is 12.7. The van der Waals surface area contributed by atoms with Crippen molar-refractivity contribution in [2.45, 2.75) is 240 Å². The Kier molecular flexibility index (Phi) is 26.2. The molecule has 0 spiro atoms. The molecule has 2 amide bonds. The largest absolute Gasteiger partial charge is 0.446 e. The smallest absolute Gasteiger partial charge is 0.434 e. The fraction of sp³-hybridized carbons (Fsp3) is 0.811. The van der Waals surface area contributed by atoms with Gasteiger partial charge in [-0.15, -0.1) is 12.4 Å². The van der Waals surface area contributed by atoms with E-state index in [4.69, 9.17) is 20.9 Å². The molecule has 14 nitrogen and oxygen atoms in total. The van der Waals surface area contributed by atoms with Crippen molar-refractivity contribution in [3.05, 3.63) is 36.2 Å². The number of aromatic nitrogens is 4. The van der Waals surface area contributed by atoms with Gasteiger partial charge in [0, 0.05) is 17.6 Å². The molecule has 5 aliphatic rings. The molecule has 0 aromatic carbocycles. The lowest BCUT2D eigenvalue weighted by atomic mass is 9.75. The number of nitrogens with zero attached hydrogens (tertiary/aromatic N) is 4. The van der Waals surface area contributed by atoms with E-state index in [1.54, 1.807) is 0 Å². The molecule has 8 N–H and O–H groups in total. The minimum absolute atomic E-state index is 0. The fourth-order valence-electron chi connectivity index (χ4n) is 11.1. The third-order valence-electron chi connectivity index (χ3n) is 15.7. The fourth-order valence-corrected chi connectivity index (χ4v) is 11.1. The Bertz CT molecular complexity index is 1990. The number of carbonyl (C=O) groups excluding carboxylic acids is 2. The second-order valence-corrected chi connectivity index (χ2v) is 22.4. The van der Waals surface area contributed by atoms with E-state index < -0.39 is 35.4 Å². The highest BCUT2D eigenvalue weighted by Crippen LogP contribution is 2.39. The summed E-state index contributed by atoms with van der Waals surface area (Å²) >= 11 is 0. The number of hydrogen-bond donors (Lipinski definition) is 6. The van der Waals surface area contributed by atoms with Gasteiger partial charge < -0.3 is 42.2 Å². The van der Waals surface area contributed by atoms with Crippen molar-refractivity contribution >= 4 is 36.2 Å². The normalized spacial score (nSPS) is 31.5. The zero-order valence-electron chi connectivity index (χ0n) is 43.0. The second-order valence-electron chi connectivity index (χ2n) is 22.4. The number of amides is 2. The molecular weight excluding hydrogens is 990 g/mol. The van der Waals surface area contributed by atoms with E-state index >= 15 is 0 Å². The number of carbonyl (C=O) groups is 2. The van der Waals surface area contributed by atoms with Crippen LogP contribution in [-0.2, 0) is 21.8 Å². The van der Waals surface area contributed by atoms with Crippen LogP contribution in [0, 0.1) is 35.5 Å². The number of rotatable bonds is 10. The summed E-state index contributed by atoms with van der Waals surface area (Å²) in [7, 11) is 0. The number of alkyl halides is 6. The van der Waals surface area contributed by atoms with Crippen molar-refractivity contribution in [1.82, 2.24) is 30.6 Å². The van der Waals surface area contributed by atoms with Crippen LogP contribution in [0.25, 0.3) is 0 Å². The van der Waals surface area contributed by atoms with Crippen molar-refractivity contribution in [2.75, 3.05) is 10.6 Å². The molecule has 5 saturated carbocycles. The molecule has 2 aromatic rings. The molecule has 5 aliphatic carbocycles. The Morgan fingerprint density at radius 1 is 0.608 bits per heavy atom. The van der Waals surface area contributed by atoms with Crippen LogP contribution in [0.1, 0.15) is 192 Å². The SMILES string of the molecule is C.C.C.CC(C)[C@@H]1CC[C@@H](C)C[C@H]1OC(=O)NC1CCCC1(C)N.CC(C)[C@@H]1CC[C@@H](C)C[C@H]1OC(=O)N[C@H]1CCC[C@]1(C)Nc1cnc(C(F)(F)F)cn1.C[C@]1(Nc2cnc(C(F)(F)F)cn2)CCC[C@@H]1N.Cl. The van der Waals surface area contributed by atoms with E-state index in [-0.39, 0.29) is 88.0 Å². The van der Waals surface area contributed by atoms with Gasteiger partial charge in [0.1, 0.15) is 23.8 Å². The van der Waals surface area contributed by atoms with Crippen LogP contribution in [0.15, 0.2) is 24.8 Å². The van der Waals surface area contributed by atoms with Gasteiger partial charge in [-0.3, -0.25) is 0 Å². The topological polar surface area (TPSA) is 204 Å². The summed E-state index contributed by atoms with van der Waals surface area (Å²) in [4.78, 5) is 39.4. The van der Waals surface area contributed by atoms with E-state index in [1.807, 2.05) is 20.8 Å². The van der Waals surface area contributed by atoms with Gasteiger partial charge in [0.15, 0.2) is 11.4 Å². The molecule has 12 atom stereocenters. The summed E-state index contributed by atoms with van der Waals surface area (Å²) in [6, 6.07) is -0.201. The summed E-state index contributed by atoms with van der Waals surface area (Å²) in [5.41, 5.74) is 9.00. The highest BCUT2D eigenvalue weighted by Gasteiger charge is 2.43. The van der Waals surface area contributed by atoms with Gasteiger partial charge in [0.25, 0.3) is 0 Å². The predicted octanol–water partition coefficient (Wildman–Crippen LogP) is 13.4. The summed E-state index contributed by atoms with van der Waals surface area (Å²) < 4.78 is 86.8. The summed E-state index contributed by atoms with van der Waals surface area (Å²) in [5, 5.41) is 12.3. The van der Waals surface area contributed by atoms with Crippen LogP contribution in [0.2, 0.25) is 0 Å². The van der Waals surface area contributed by atoms with Crippen molar-refractivity contribution in [2.24, 2.45) is 47.0 Å². The third kappa shape index (κ3) is 19.0. The molecule has 74 heavy (non-hydrogen) atoms. The highest BCUT2D eigenvalue weighted by molar-refractivity contribution is 5.85. The Hall–Kier alpha value is -3.91. The first-order valence-electron chi connectivity index (χ1n) is 25.4. The molecule has 428 valence electrons. The number of hydrogen-bond acceptors (Lipinski definition) is 12. The minimum Gasteiger partial charge on any atom is -0.446 e. The third-order valence-corrected chi connectivity index (χ3v) is 15.7. The Labute approximate surface area is 444 Å². The van der Waals surface area contributed by atoms with Crippen LogP contribution < -0.4 is 32.7 Å². The van der Waals surface area contributed by atoms with Crippen LogP contribution in [-0.4, -0.2) is 79.1 Å². The molecule has 2 unspecified atom stereocenters. The van der Waals surface area contributed by atoms with Gasteiger partial charge in [-0.2, -0.15) is 26.3 Å². The van der Waals surface area contributed by atoms with E-state index in [9.17, 15) is 35.9 Å². The first-order chi connectivity index (χ1) is 32.6. The van der Waals surface area contributed by atoms with E-state index in [2.05, 4.69) is 82.7 Å². The van der Waals surface area contributed by atoms with Gasteiger partial charge in [-0.1, -0.05) is 76.7 Å². The minimum atomic E-state index is -4.53. The lowest BCUT2D eigenvalue weighted by Gasteiger charge is -2.38. The lowest BCUT2D eigenvalue weighted by Crippen LogP contribution is -2.53. The van der Waals surface area contributed by atoms with Crippen molar-refractivity contribution in [3.8, 4) is 0 Å². The average Bonchev–Trinajstić information content (AvgIpc) is 3.90. The number of anilines is 2. The predicted molar refractivity (Wildman–Crippen MR) is 285 cm³/mol. The van der Waals surface area contributed by atoms with Crippen LogP contribution in [0.3, 0.4) is 0 Å². The van der Waals surface area contributed by atoms with Crippen LogP contribution in [0.4, 0.5) is 47.6 Å². The maximum atomic E-state index is 12.7. The summed E-state index contributed by atoms with van der Waals surface area (Å²) in [5.74, 6) is 3.59. The molecule has 21 heteroatoms. The number of nitrogens with two attached hydrogens (primary N) is 2. The molecule has 0 bridgehead atoms. The monoisotopic (exact) mass is 1080 g/mol. The maximum Gasteiger partial charge on any atom is 0.434 e. The second kappa shape index (κ2) is 28.5. The molecule has 7 rings (SSSR count). The molecular formula is C53H93ClF6N10O4. The van der Waals surface area contributed by atoms with Crippen molar-refractivity contribution in [1.29, 1.82) is 0 Å². The number of ether oxygens (including phenoxy) is 2.